The third-order valence-corrected chi connectivity index (χ3v) is 8.01. The van der Waals surface area contributed by atoms with Crippen LogP contribution >= 0.6 is 79.6 Å². The Morgan fingerprint density at radius 2 is 1.03 bits per heavy atom. The zero-order chi connectivity index (χ0) is 24.4. The summed E-state index contributed by atoms with van der Waals surface area (Å²) < 4.78 is 19.6. The standard InChI is InChI=1S/C16H17Br2NO2.C8H7Br3O/c1-20-12-5-3-11(4-6-12)9-19-10-14-15(17)7-13(21-2)8-16(14)18;1-12-5-2-7(10)6(4-9)8(11)3-5/h3-8,19H,9-10H2,1-2H3;2-3H,4H2,1H3. The van der Waals surface area contributed by atoms with Crippen LogP contribution in [0, 0.1) is 0 Å². The van der Waals surface area contributed by atoms with Crippen molar-refractivity contribution in [3.63, 3.8) is 0 Å². The third kappa shape index (κ3) is 8.85. The fraction of sp³-hybridized carbons (Fsp3) is 0.250. The van der Waals surface area contributed by atoms with Crippen molar-refractivity contribution in [1.82, 2.24) is 5.32 Å². The van der Waals surface area contributed by atoms with Crippen molar-refractivity contribution in [2.45, 2.75) is 18.4 Å². The zero-order valence-corrected chi connectivity index (χ0v) is 26.3. The maximum absolute atomic E-state index is 5.23. The first-order valence-electron chi connectivity index (χ1n) is 9.76. The molecule has 0 amide bonds. The van der Waals surface area contributed by atoms with Gasteiger partial charge in [0.25, 0.3) is 0 Å². The van der Waals surface area contributed by atoms with Crippen molar-refractivity contribution in [2.24, 2.45) is 0 Å². The number of nitrogens with one attached hydrogen (secondary N) is 1. The molecular weight excluding hydrogens is 750 g/mol. The van der Waals surface area contributed by atoms with E-state index in [4.69, 9.17) is 14.2 Å². The van der Waals surface area contributed by atoms with Gasteiger partial charge in [0.05, 0.1) is 21.3 Å². The Labute approximate surface area is 237 Å². The van der Waals surface area contributed by atoms with E-state index in [1.54, 1.807) is 21.3 Å². The van der Waals surface area contributed by atoms with Gasteiger partial charge >= 0.3 is 0 Å². The summed E-state index contributed by atoms with van der Waals surface area (Å²) in [7, 11) is 4.99. The van der Waals surface area contributed by atoms with Crippen LogP contribution in [0.25, 0.3) is 0 Å². The molecule has 0 aliphatic rings. The van der Waals surface area contributed by atoms with Gasteiger partial charge in [0.2, 0.25) is 0 Å². The van der Waals surface area contributed by atoms with Gasteiger partial charge in [-0.3, -0.25) is 0 Å². The minimum atomic E-state index is 0.761. The highest BCUT2D eigenvalue weighted by molar-refractivity contribution is 9.11. The Balaban J connectivity index is 0.000000273. The highest BCUT2D eigenvalue weighted by atomic mass is 79.9. The van der Waals surface area contributed by atoms with Crippen LogP contribution in [-0.4, -0.2) is 21.3 Å². The molecule has 0 spiro atoms. The Hall–Kier alpha value is -0.580. The molecular formula is C24H24Br5NO3. The molecule has 3 aromatic carbocycles. The van der Waals surface area contributed by atoms with Gasteiger partial charge in [-0.1, -0.05) is 91.8 Å². The van der Waals surface area contributed by atoms with E-state index in [1.807, 2.05) is 36.4 Å². The molecule has 3 rings (SSSR count). The lowest BCUT2D eigenvalue weighted by molar-refractivity contribution is 0.414. The second-order valence-electron chi connectivity index (χ2n) is 6.72. The number of halogens is 5. The monoisotopic (exact) mass is 769 g/mol. The van der Waals surface area contributed by atoms with Crippen molar-refractivity contribution in [3.05, 3.63) is 83.1 Å². The van der Waals surface area contributed by atoms with Crippen LogP contribution in [0.3, 0.4) is 0 Å². The number of rotatable bonds is 8. The average Bonchev–Trinajstić information content (AvgIpc) is 2.81. The molecule has 0 bridgehead atoms. The molecule has 0 aliphatic heterocycles. The van der Waals surface area contributed by atoms with E-state index in [2.05, 4.69) is 97.1 Å². The lowest BCUT2D eigenvalue weighted by Gasteiger charge is -2.11. The van der Waals surface area contributed by atoms with Crippen LogP contribution in [0.15, 0.2) is 66.4 Å². The molecule has 178 valence electrons. The number of hydrogen-bond acceptors (Lipinski definition) is 4. The molecule has 33 heavy (non-hydrogen) atoms. The van der Waals surface area contributed by atoms with Crippen LogP contribution in [-0.2, 0) is 18.4 Å². The minimum Gasteiger partial charge on any atom is -0.497 e. The van der Waals surface area contributed by atoms with E-state index >= 15 is 0 Å². The average molecular weight is 774 g/mol. The van der Waals surface area contributed by atoms with Gasteiger partial charge in [0.1, 0.15) is 17.2 Å². The van der Waals surface area contributed by atoms with Crippen LogP contribution in [0.4, 0.5) is 0 Å². The number of ether oxygens (including phenoxy) is 3. The molecule has 3 aromatic rings. The summed E-state index contributed by atoms with van der Waals surface area (Å²) in [4.78, 5) is 0. The lowest BCUT2D eigenvalue weighted by Crippen LogP contribution is -2.13. The van der Waals surface area contributed by atoms with Crippen molar-refractivity contribution >= 4 is 79.6 Å². The summed E-state index contributed by atoms with van der Waals surface area (Å²) in [5.41, 5.74) is 3.58. The van der Waals surface area contributed by atoms with Crippen LogP contribution in [0.2, 0.25) is 0 Å². The van der Waals surface area contributed by atoms with E-state index in [0.29, 0.717) is 0 Å². The van der Waals surface area contributed by atoms with Crippen molar-refractivity contribution < 1.29 is 14.2 Å². The molecule has 4 nitrogen and oxygen atoms in total. The molecule has 0 saturated heterocycles. The van der Waals surface area contributed by atoms with Crippen LogP contribution in [0.5, 0.6) is 17.2 Å². The van der Waals surface area contributed by atoms with E-state index < -0.39 is 0 Å². The molecule has 0 aliphatic carbocycles. The second-order valence-corrected chi connectivity index (χ2v) is 10.7. The number of alkyl halides is 1. The first-order chi connectivity index (χ1) is 15.8. The maximum atomic E-state index is 5.23. The van der Waals surface area contributed by atoms with Crippen molar-refractivity contribution in [2.75, 3.05) is 21.3 Å². The Kier molecular flexibility index (Phi) is 12.8. The molecule has 1 N–H and O–H groups in total. The summed E-state index contributed by atoms with van der Waals surface area (Å²) in [5, 5.41) is 4.25. The van der Waals surface area contributed by atoms with Crippen molar-refractivity contribution in [1.29, 1.82) is 0 Å². The van der Waals surface area contributed by atoms with Gasteiger partial charge in [-0.25, -0.2) is 0 Å². The zero-order valence-electron chi connectivity index (χ0n) is 18.4. The van der Waals surface area contributed by atoms with E-state index in [1.165, 1.54) is 16.7 Å². The quantitative estimate of drug-likeness (QED) is 0.233. The predicted octanol–water partition coefficient (Wildman–Crippen LogP) is 8.63. The molecule has 0 aromatic heterocycles. The van der Waals surface area contributed by atoms with E-state index in [-0.39, 0.29) is 0 Å². The summed E-state index contributed by atoms with van der Waals surface area (Å²) in [6, 6.07) is 15.9. The van der Waals surface area contributed by atoms with E-state index in [0.717, 1.165) is 53.6 Å². The smallest absolute Gasteiger partial charge is 0.121 e. The maximum Gasteiger partial charge on any atom is 0.121 e. The number of methoxy groups -OCH3 is 3. The molecule has 0 atom stereocenters. The van der Waals surface area contributed by atoms with Crippen LogP contribution < -0.4 is 19.5 Å². The fourth-order valence-corrected chi connectivity index (χ4v) is 6.97. The van der Waals surface area contributed by atoms with Crippen LogP contribution in [0.1, 0.15) is 16.7 Å². The Morgan fingerprint density at radius 3 is 1.42 bits per heavy atom. The van der Waals surface area contributed by atoms with Gasteiger partial charge in [0.15, 0.2) is 0 Å². The number of benzene rings is 3. The summed E-state index contributed by atoms with van der Waals surface area (Å²) >= 11 is 17.5. The highest BCUT2D eigenvalue weighted by Crippen LogP contribution is 2.32. The molecule has 0 radical (unpaired) electrons. The van der Waals surface area contributed by atoms with Crippen molar-refractivity contribution in [3.8, 4) is 17.2 Å². The first kappa shape index (κ1) is 28.7. The fourth-order valence-electron chi connectivity index (χ4n) is 2.77. The number of hydrogen-bond donors (Lipinski definition) is 1. The molecule has 9 heteroatoms. The first-order valence-corrected chi connectivity index (χ1v) is 14.1. The molecule has 0 saturated carbocycles. The topological polar surface area (TPSA) is 39.7 Å². The SMILES string of the molecule is COc1cc(Br)c(CBr)c(Br)c1.COc1ccc(CNCc2c(Br)cc(OC)cc2Br)cc1. The summed E-state index contributed by atoms with van der Waals surface area (Å²) in [5.74, 6) is 2.55. The minimum absolute atomic E-state index is 0.761. The van der Waals surface area contributed by atoms with Gasteiger partial charge < -0.3 is 19.5 Å². The summed E-state index contributed by atoms with van der Waals surface area (Å²) in [6.45, 7) is 1.56. The largest absolute Gasteiger partial charge is 0.497 e. The van der Waals surface area contributed by atoms with Gasteiger partial charge in [-0.2, -0.15) is 0 Å². The predicted molar refractivity (Wildman–Crippen MR) is 153 cm³/mol. The Bertz CT molecular complexity index is 999. The van der Waals surface area contributed by atoms with Gasteiger partial charge in [-0.05, 0) is 53.1 Å². The highest BCUT2D eigenvalue weighted by Gasteiger charge is 2.08. The third-order valence-electron chi connectivity index (χ3n) is 4.62. The van der Waals surface area contributed by atoms with Gasteiger partial charge in [-0.15, -0.1) is 0 Å². The normalized spacial score (nSPS) is 10.3. The molecule has 0 fully saturated rings. The Morgan fingerprint density at radius 1 is 0.606 bits per heavy atom. The molecule has 0 heterocycles. The summed E-state index contributed by atoms with van der Waals surface area (Å²) in [6.07, 6.45) is 0. The van der Waals surface area contributed by atoms with Gasteiger partial charge in [0, 0.05) is 36.3 Å². The lowest BCUT2D eigenvalue weighted by atomic mass is 10.2. The second kappa shape index (κ2) is 14.7. The van der Waals surface area contributed by atoms with E-state index in [9.17, 15) is 0 Å². The molecule has 0 unspecified atom stereocenters.